The average molecular weight is 371 g/mol. The molecule has 2 aromatic carbocycles. The van der Waals surface area contributed by atoms with Crippen LogP contribution in [0.25, 0.3) is 0 Å². The summed E-state index contributed by atoms with van der Waals surface area (Å²) in [7, 11) is 3.17. The van der Waals surface area contributed by atoms with Crippen molar-refractivity contribution >= 4 is 17.0 Å². The first-order chi connectivity index (χ1) is 12.6. The second-order valence-electron chi connectivity index (χ2n) is 6.55. The molecule has 1 fully saturated rings. The Morgan fingerprint density at radius 1 is 1.19 bits per heavy atom. The number of aliphatic hydroxyl groups is 1. The summed E-state index contributed by atoms with van der Waals surface area (Å²) in [5, 5.41) is 11.4. The number of hydrogen-bond acceptors (Lipinski definition) is 5. The Morgan fingerprint density at radius 2 is 1.88 bits per heavy atom. The van der Waals surface area contributed by atoms with Gasteiger partial charge in [-0.2, -0.15) is 0 Å². The minimum Gasteiger partial charge on any atom is -0.493 e. The summed E-state index contributed by atoms with van der Waals surface area (Å²) in [6, 6.07) is 13.7. The molecule has 0 spiro atoms. The van der Waals surface area contributed by atoms with Gasteiger partial charge in [0.2, 0.25) is 0 Å². The highest BCUT2D eigenvalue weighted by Crippen LogP contribution is 2.51. The molecule has 6 heteroatoms. The molecule has 1 N–H and O–H groups in total. The van der Waals surface area contributed by atoms with E-state index in [1.54, 1.807) is 19.1 Å². The number of methoxy groups -OCH3 is 2. The largest absolute Gasteiger partial charge is 0.493 e. The number of carbonyl (C=O) groups is 1. The Balaban J connectivity index is 1.80. The summed E-state index contributed by atoms with van der Waals surface area (Å²) < 4.78 is 10.8. The van der Waals surface area contributed by atoms with Gasteiger partial charge in [0.15, 0.2) is 17.2 Å². The molecule has 136 valence electrons. The molecule has 0 unspecified atom stereocenters. The molecule has 1 saturated heterocycles. The lowest BCUT2D eigenvalue weighted by Gasteiger charge is -2.42. The Morgan fingerprint density at radius 3 is 2.58 bits per heavy atom. The van der Waals surface area contributed by atoms with E-state index in [2.05, 4.69) is 0 Å². The highest BCUT2D eigenvalue weighted by Gasteiger charge is 2.56. The van der Waals surface area contributed by atoms with E-state index < -0.39 is 5.72 Å². The van der Waals surface area contributed by atoms with Gasteiger partial charge in [-0.15, -0.1) is 0 Å². The van der Waals surface area contributed by atoms with Gasteiger partial charge in [-0.25, -0.2) is 0 Å². The second-order valence-corrected chi connectivity index (χ2v) is 7.71. The van der Waals surface area contributed by atoms with E-state index >= 15 is 0 Å². The second kappa shape index (κ2) is 6.52. The molecule has 0 aromatic heterocycles. The number of benzene rings is 2. The van der Waals surface area contributed by atoms with E-state index in [4.69, 9.17) is 9.47 Å². The van der Waals surface area contributed by atoms with Crippen LogP contribution in [0.1, 0.15) is 16.7 Å². The van der Waals surface area contributed by atoms with Crippen LogP contribution in [-0.2, 0) is 18.6 Å². The van der Waals surface area contributed by atoms with Crippen LogP contribution in [0.4, 0.5) is 4.79 Å². The van der Waals surface area contributed by atoms with Gasteiger partial charge in [0.05, 0.1) is 19.5 Å². The number of thioether (sulfide) groups is 1. The molecule has 2 atom stereocenters. The molecule has 4 rings (SSSR count). The van der Waals surface area contributed by atoms with Gasteiger partial charge in [0, 0.05) is 12.1 Å². The molecule has 2 aliphatic heterocycles. The van der Waals surface area contributed by atoms with Crippen LogP contribution in [0.5, 0.6) is 11.5 Å². The zero-order valence-corrected chi connectivity index (χ0v) is 15.6. The summed E-state index contributed by atoms with van der Waals surface area (Å²) >= 11 is 1.22. The predicted molar refractivity (Wildman–Crippen MR) is 101 cm³/mol. The van der Waals surface area contributed by atoms with Crippen molar-refractivity contribution in [1.29, 1.82) is 0 Å². The first kappa shape index (κ1) is 17.2. The standard InChI is InChI=1S/C20H21NO4S/c1-24-16-11-14-8-9-21-19(22)26-18(10-13-6-4-3-5-7-13)20(21,23)15(14)12-17(16)25-2/h3-7,11-12,18,23H,8-10H2,1-2H3/t18-,20+/m1/s1. The Bertz CT molecular complexity index is 841. The summed E-state index contributed by atoms with van der Waals surface area (Å²) in [6.07, 6.45) is 1.29. The van der Waals surface area contributed by atoms with Crippen molar-refractivity contribution in [1.82, 2.24) is 4.90 Å². The number of nitrogens with zero attached hydrogens (tertiary/aromatic N) is 1. The molecule has 5 nitrogen and oxygen atoms in total. The molecule has 0 radical (unpaired) electrons. The molecule has 0 saturated carbocycles. The predicted octanol–water partition coefficient (Wildman–Crippen LogP) is 3.19. The van der Waals surface area contributed by atoms with Crippen LogP contribution >= 0.6 is 11.8 Å². The van der Waals surface area contributed by atoms with Crippen molar-refractivity contribution in [2.45, 2.75) is 23.8 Å². The minimum atomic E-state index is -1.34. The minimum absolute atomic E-state index is 0.0751. The molecule has 1 amide bonds. The lowest BCUT2D eigenvalue weighted by molar-refractivity contribution is -0.0841. The fraction of sp³-hybridized carbons (Fsp3) is 0.350. The third-order valence-electron chi connectivity index (χ3n) is 5.20. The van der Waals surface area contributed by atoms with Gasteiger partial charge in [-0.3, -0.25) is 9.69 Å². The van der Waals surface area contributed by atoms with E-state index in [1.807, 2.05) is 42.5 Å². The maximum atomic E-state index is 12.6. The molecule has 0 aliphatic carbocycles. The molecular weight excluding hydrogens is 350 g/mol. The van der Waals surface area contributed by atoms with Crippen LogP contribution in [0.15, 0.2) is 42.5 Å². The van der Waals surface area contributed by atoms with Gasteiger partial charge in [0.1, 0.15) is 0 Å². The van der Waals surface area contributed by atoms with Gasteiger partial charge in [0.25, 0.3) is 5.24 Å². The highest BCUT2D eigenvalue weighted by atomic mass is 32.2. The van der Waals surface area contributed by atoms with Crippen molar-refractivity contribution in [2.24, 2.45) is 0 Å². The first-order valence-corrected chi connectivity index (χ1v) is 9.45. The quantitative estimate of drug-likeness (QED) is 0.894. The van der Waals surface area contributed by atoms with E-state index in [0.717, 1.165) is 16.7 Å². The first-order valence-electron chi connectivity index (χ1n) is 8.58. The Kier molecular flexibility index (Phi) is 4.32. The lowest BCUT2D eigenvalue weighted by atomic mass is 9.85. The highest BCUT2D eigenvalue weighted by molar-refractivity contribution is 8.14. The van der Waals surface area contributed by atoms with E-state index in [1.165, 1.54) is 11.8 Å². The van der Waals surface area contributed by atoms with Crippen molar-refractivity contribution in [2.75, 3.05) is 20.8 Å². The van der Waals surface area contributed by atoms with Gasteiger partial charge in [-0.1, -0.05) is 42.1 Å². The average Bonchev–Trinajstić information content (AvgIpc) is 2.92. The number of hydrogen-bond donors (Lipinski definition) is 1. The van der Waals surface area contributed by atoms with Crippen LogP contribution < -0.4 is 9.47 Å². The maximum absolute atomic E-state index is 12.6. The van der Waals surface area contributed by atoms with E-state index in [0.29, 0.717) is 30.9 Å². The zero-order valence-electron chi connectivity index (χ0n) is 14.8. The number of fused-ring (bicyclic) bond motifs is 3. The Labute approximate surface area is 156 Å². The van der Waals surface area contributed by atoms with Crippen LogP contribution in [-0.4, -0.2) is 41.3 Å². The summed E-state index contributed by atoms with van der Waals surface area (Å²) in [5.41, 5.74) is 1.49. The smallest absolute Gasteiger partial charge is 0.284 e. The third-order valence-corrected chi connectivity index (χ3v) is 6.40. The van der Waals surface area contributed by atoms with E-state index in [9.17, 15) is 9.90 Å². The summed E-state index contributed by atoms with van der Waals surface area (Å²) in [5.74, 6) is 1.20. The normalized spacial score (nSPS) is 24.2. The summed E-state index contributed by atoms with van der Waals surface area (Å²) in [4.78, 5) is 14.2. The topological polar surface area (TPSA) is 59.0 Å². The number of amides is 1. The molecular formula is C20H21NO4S. The molecule has 2 aromatic rings. The van der Waals surface area contributed by atoms with Crippen molar-refractivity contribution < 1.29 is 19.4 Å². The number of carbonyl (C=O) groups excluding carboxylic acids is 1. The van der Waals surface area contributed by atoms with Gasteiger partial charge >= 0.3 is 0 Å². The van der Waals surface area contributed by atoms with Crippen molar-refractivity contribution in [3.05, 3.63) is 59.2 Å². The molecule has 2 aliphatic rings. The Hall–Kier alpha value is -2.18. The van der Waals surface area contributed by atoms with Gasteiger partial charge in [-0.05, 0) is 36.1 Å². The zero-order chi connectivity index (χ0) is 18.3. The van der Waals surface area contributed by atoms with E-state index in [-0.39, 0.29) is 10.5 Å². The maximum Gasteiger partial charge on any atom is 0.284 e. The fourth-order valence-electron chi connectivity index (χ4n) is 3.88. The lowest BCUT2D eigenvalue weighted by Crippen LogP contribution is -2.52. The van der Waals surface area contributed by atoms with Crippen LogP contribution in [0.3, 0.4) is 0 Å². The van der Waals surface area contributed by atoms with Gasteiger partial charge < -0.3 is 14.6 Å². The molecule has 2 heterocycles. The van der Waals surface area contributed by atoms with Crippen molar-refractivity contribution in [3.8, 4) is 11.5 Å². The van der Waals surface area contributed by atoms with Crippen LogP contribution in [0.2, 0.25) is 0 Å². The van der Waals surface area contributed by atoms with Crippen molar-refractivity contribution in [3.63, 3.8) is 0 Å². The third kappa shape index (κ3) is 2.56. The summed E-state index contributed by atoms with van der Waals surface area (Å²) in [6.45, 7) is 0.496. The SMILES string of the molecule is COc1cc2c(cc1OC)[C@]1(O)[C@@H](Cc3ccccc3)SC(=O)N1CC2. The fourth-order valence-corrected chi connectivity index (χ4v) is 5.17. The molecule has 26 heavy (non-hydrogen) atoms. The van der Waals surface area contributed by atoms with Crippen LogP contribution in [0, 0.1) is 0 Å². The number of rotatable bonds is 4. The molecule has 0 bridgehead atoms. The monoisotopic (exact) mass is 371 g/mol. The number of ether oxygens (including phenoxy) is 2.